The molecule has 0 unspecified atom stereocenters. The lowest BCUT2D eigenvalue weighted by Crippen LogP contribution is -2.19. The summed E-state index contributed by atoms with van der Waals surface area (Å²) in [5, 5.41) is 17.5. The molecule has 0 aromatic carbocycles. The zero-order valence-corrected chi connectivity index (χ0v) is 28.7. The smallest absolute Gasteiger partial charge is 0.328 e. The van der Waals surface area contributed by atoms with Crippen LogP contribution in [0.2, 0.25) is 0 Å². The van der Waals surface area contributed by atoms with Gasteiger partial charge in [0.25, 0.3) is 0 Å². The van der Waals surface area contributed by atoms with E-state index in [2.05, 4.69) is 85.8 Å². The van der Waals surface area contributed by atoms with Crippen LogP contribution in [0.5, 0.6) is 0 Å². The Morgan fingerprint density at radius 1 is 0.698 bits per heavy atom. The highest BCUT2D eigenvalue weighted by Gasteiger charge is 2.27. The van der Waals surface area contributed by atoms with Gasteiger partial charge in [-0.05, 0) is 108 Å². The lowest BCUT2D eigenvalue weighted by Gasteiger charge is -2.33. The molecular formula is C40H58O3. The summed E-state index contributed by atoms with van der Waals surface area (Å²) in [6.07, 6.45) is 31.3. The van der Waals surface area contributed by atoms with Crippen molar-refractivity contribution in [1.82, 2.24) is 0 Å². The molecule has 0 atom stereocenters. The molecule has 0 heterocycles. The number of aliphatic carboxylic acids is 1. The molecule has 2 rings (SSSR count). The van der Waals surface area contributed by atoms with E-state index < -0.39 is 5.97 Å². The van der Waals surface area contributed by atoms with Crippen LogP contribution in [-0.2, 0) is 4.79 Å². The minimum atomic E-state index is -0.912. The average Bonchev–Trinajstić information content (AvgIpc) is 2.87. The molecule has 0 spiro atoms. The van der Waals surface area contributed by atoms with Crippen molar-refractivity contribution in [2.75, 3.05) is 6.61 Å². The van der Waals surface area contributed by atoms with Gasteiger partial charge in [-0.2, -0.15) is 0 Å². The summed E-state index contributed by atoms with van der Waals surface area (Å²) >= 11 is 0. The highest BCUT2D eigenvalue weighted by molar-refractivity contribution is 5.81. The molecule has 0 aromatic rings. The largest absolute Gasteiger partial charge is 0.478 e. The zero-order valence-electron chi connectivity index (χ0n) is 28.7. The highest BCUT2D eigenvalue weighted by Crippen LogP contribution is 2.41. The third-order valence-corrected chi connectivity index (χ3v) is 8.31. The van der Waals surface area contributed by atoms with Crippen LogP contribution in [0.4, 0.5) is 0 Å². The number of carbonyl (C=O) groups is 1. The van der Waals surface area contributed by atoms with E-state index in [1.165, 1.54) is 72.5 Å². The first-order valence-electron chi connectivity index (χ1n) is 15.7. The molecule has 0 saturated carbocycles. The lowest BCUT2D eigenvalue weighted by molar-refractivity contribution is -0.131. The van der Waals surface area contributed by atoms with Crippen LogP contribution >= 0.6 is 0 Å². The summed E-state index contributed by atoms with van der Waals surface area (Å²) in [7, 11) is 0. The topological polar surface area (TPSA) is 57.5 Å². The Bertz CT molecular complexity index is 1260. The number of carboxylic acids is 1. The van der Waals surface area contributed by atoms with Crippen molar-refractivity contribution in [2.24, 2.45) is 10.8 Å². The SMILES string of the molecule is CC1=C(/C=C/C(C)=C/C=C/C(C)=C/C(=O)O)C(C)(C)CCC1.CC1=C(/C=C/C(C)=C/C=C/C(C)=C/CO)C(C)(C)CCC1. The van der Waals surface area contributed by atoms with Crippen molar-refractivity contribution in [3.05, 3.63) is 117 Å². The number of carboxylic acid groups (broad SMARTS) is 1. The molecule has 0 bridgehead atoms. The molecule has 0 aliphatic heterocycles. The molecule has 0 aromatic heterocycles. The van der Waals surface area contributed by atoms with E-state index in [-0.39, 0.29) is 12.0 Å². The predicted octanol–water partition coefficient (Wildman–Crippen LogP) is 11.1. The Balaban J connectivity index is 0.000000430. The van der Waals surface area contributed by atoms with Gasteiger partial charge in [0.05, 0.1) is 6.61 Å². The Labute approximate surface area is 263 Å². The number of hydrogen-bond acceptors (Lipinski definition) is 2. The van der Waals surface area contributed by atoms with Crippen molar-refractivity contribution >= 4 is 5.97 Å². The maximum atomic E-state index is 10.5. The second kappa shape index (κ2) is 18.5. The van der Waals surface area contributed by atoms with Crippen LogP contribution in [-0.4, -0.2) is 22.8 Å². The minimum Gasteiger partial charge on any atom is -0.478 e. The van der Waals surface area contributed by atoms with E-state index >= 15 is 0 Å². The predicted molar refractivity (Wildman–Crippen MR) is 187 cm³/mol. The van der Waals surface area contributed by atoms with Crippen molar-refractivity contribution < 1.29 is 15.0 Å². The first-order chi connectivity index (χ1) is 20.1. The Kier molecular flexibility index (Phi) is 16.3. The van der Waals surface area contributed by atoms with Crippen LogP contribution in [0.15, 0.2) is 117 Å². The standard InChI is InChI=1S/C20H28O2.C20H30O/c1-15(8-6-9-16(2)14-19(21)22)11-12-18-17(3)10-7-13-20(18,4)5;1-16(8-6-9-17(2)13-15-21)11-12-19-18(3)10-7-14-20(19,4)5/h6,8-9,11-12,14H,7,10,13H2,1-5H3,(H,21,22);6,8-9,11-13,21H,7,10,14-15H2,1-5H3/b9-6+,12-11+,15-8+,16-14+;9-6+,12-11+,16-8+,17-13+. The summed E-state index contributed by atoms with van der Waals surface area (Å²) in [5.41, 5.74) is 10.8. The molecule has 0 amide bonds. The fraction of sp³-hybridized carbons (Fsp3) is 0.475. The van der Waals surface area contributed by atoms with Crippen LogP contribution in [0.25, 0.3) is 0 Å². The summed E-state index contributed by atoms with van der Waals surface area (Å²) in [6, 6.07) is 0. The van der Waals surface area contributed by atoms with E-state index in [0.29, 0.717) is 5.41 Å². The molecule has 0 fully saturated rings. The summed E-state index contributed by atoms with van der Waals surface area (Å²) in [6.45, 7) is 21.9. The van der Waals surface area contributed by atoms with Gasteiger partial charge in [0, 0.05) is 6.08 Å². The molecule has 236 valence electrons. The number of hydrogen-bond donors (Lipinski definition) is 2. The monoisotopic (exact) mass is 586 g/mol. The molecule has 43 heavy (non-hydrogen) atoms. The first kappa shape index (κ1) is 37.9. The van der Waals surface area contributed by atoms with Gasteiger partial charge >= 0.3 is 5.97 Å². The van der Waals surface area contributed by atoms with E-state index in [0.717, 1.165) is 16.7 Å². The van der Waals surface area contributed by atoms with Gasteiger partial charge in [-0.15, -0.1) is 0 Å². The Morgan fingerprint density at radius 3 is 1.49 bits per heavy atom. The van der Waals surface area contributed by atoms with Gasteiger partial charge in [-0.25, -0.2) is 4.79 Å². The maximum absolute atomic E-state index is 10.5. The maximum Gasteiger partial charge on any atom is 0.328 e. The fourth-order valence-electron chi connectivity index (χ4n) is 5.72. The van der Waals surface area contributed by atoms with Crippen LogP contribution < -0.4 is 0 Å². The lowest BCUT2D eigenvalue weighted by atomic mass is 9.72. The van der Waals surface area contributed by atoms with Crippen LogP contribution in [0.1, 0.15) is 108 Å². The van der Waals surface area contributed by atoms with Gasteiger partial charge in [-0.3, -0.25) is 0 Å². The van der Waals surface area contributed by atoms with Crippen LogP contribution in [0.3, 0.4) is 0 Å². The molecule has 2 N–H and O–H groups in total. The number of aliphatic hydroxyl groups excluding tert-OH is 1. The van der Waals surface area contributed by atoms with Crippen LogP contribution in [0, 0.1) is 10.8 Å². The molecule has 3 nitrogen and oxygen atoms in total. The van der Waals surface area contributed by atoms with E-state index in [4.69, 9.17) is 10.2 Å². The highest BCUT2D eigenvalue weighted by atomic mass is 16.4. The van der Waals surface area contributed by atoms with E-state index in [1.807, 2.05) is 31.2 Å². The van der Waals surface area contributed by atoms with Crippen molar-refractivity contribution in [2.45, 2.75) is 108 Å². The van der Waals surface area contributed by atoms with Crippen molar-refractivity contribution in [3.63, 3.8) is 0 Å². The Hall–Kier alpha value is -3.17. The molecule has 0 saturated heterocycles. The quantitative estimate of drug-likeness (QED) is 0.198. The second-order valence-corrected chi connectivity index (χ2v) is 13.4. The fourth-order valence-corrected chi connectivity index (χ4v) is 5.72. The number of rotatable bonds is 10. The van der Waals surface area contributed by atoms with Crippen molar-refractivity contribution in [3.8, 4) is 0 Å². The molecule has 2 aliphatic rings. The first-order valence-corrected chi connectivity index (χ1v) is 15.7. The third kappa shape index (κ3) is 14.7. The second-order valence-electron chi connectivity index (χ2n) is 13.4. The average molecular weight is 587 g/mol. The summed E-state index contributed by atoms with van der Waals surface area (Å²) < 4.78 is 0. The van der Waals surface area contributed by atoms with Gasteiger partial charge in [0.15, 0.2) is 0 Å². The van der Waals surface area contributed by atoms with Gasteiger partial charge in [-0.1, -0.05) is 122 Å². The van der Waals surface area contributed by atoms with Gasteiger partial charge in [0.2, 0.25) is 0 Å². The third-order valence-electron chi connectivity index (χ3n) is 8.31. The van der Waals surface area contributed by atoms with E-state index in [1.54, 1.807) is 19.1 Å². The number of allylic oxidation sites excluding steroid dienone is 18. The van der Waals surface area contributed by atoms with Crippen molar-refractivity contribution in [1.29, 1.82) is 0 Å². The van der Waals surface area contributed by atoms with Gasteiger partial charge in [0.1, 0.15) is 0 Å². The normalized spacial score (nSPS) is 20.5. The summed E-state index contributed by atoms with van der Waals surface area (Å²) in [5.74, 6) is -0.912. The molecule has 0 radical (unpaired) electrons. The zero-order chi connectivity index (χ0) is 32.6. The number of aliphatic hydroxyl groups is 1. The van der Waals surface area contributed by atoms with Gasteiger partial charge < -0.3 is 10.2 Å². The summed E-state index contributed by atoms with van der Waals surface area (Å²) in [4.78, 5) is 10.5. The molecule has 2 aliphatic carbocycles. The molecule has 3 heteroatoms. The minimum absolute atomic E-state index is 0.0985. The van der Waals surface area contributed by atoms with E-state index in [9.17, 15) is 4.79 Å². The molecular weight excluding hydrogens is 528 g/mol. The Morgan fingerprint density at radius 2 is 1.12 bits per heavy atom.